The van der Waals surface area contributed by atoms with Crippen molar-refractivity contribution in [2.45, 2.75) is 24.8 Å². The highest BCUT2D eigenvalue weighted by atomic mass is 19.1. The minimum absolute atomic E-state index is 0.0325. The number of pyridine rings is 2. The van der Waals surface area contributed by atoms with Crippen LogP contribution >= 0.6 is 0 Å². The minimum Gasteiger partial charge on any atom is -0.477 e. The van der Waals surface area contributed by atoms with Crippen LogP contribution in [0.3, 0.4) is 0 Å². The molecule has 23 heavy (non-hydrogen) atoms. The van der Waals surface area contributed by atoms with Crippen molar-refractivity contribution in [2.24, 2.45) is 5.73 Å². The summed E-state index contributed by atoms with van der Waals surface area (Å²) in [7, 11) is 0. The number of nitrogens with two attached hydrogens (primary N) is 1. The third kappa shape index (κ3) is 2.19. The van der Waals surface area contributed by atoms with Gasteiger partial charge in [0.25, 0.3) is 5.56 Å². The molecule has 0 amide bonds. The summed E-state index contributed by atoms with van der Waals surface area (Å²) in [5.41, 5.74) is 6.52. The fourth-order valence-electron chi connectivity index (χ4n) is 3.15. The van der Waals surface area contributed by atoms with Crippen LogP contribution in [-0.4, -0.2) is 34.6 Å². The first kappa shape index (κ1) is 14.2. The van der Waals surface area contributed by atoms with Crippen LogP contribution in [0.1, 0.15) is 34.7 Å². The van der Waals surface area contributed by atoms with Gasteiger partial charge in [-0.2, -0.15) is 0 Å². The third-order valence-corrected chi connectivity index (χ3v) is 4.56. The topological polar surface area (TPSA) is 88.0 Å². The van der Waals surface area contributed by atoms with Crippen molar-refractivity contribution in [3.8, 4) is 0 Å². The van der Waals surface area contributed by atoms with E-state index in [4.69, 9.17) is 5.73 Å². The number of carboxylic acid groups (broad SMARTS) is 1. The van der Waals surface area contributed by atoms with Gasteiger partial charge >= 0.3 is 5.97 Å². The van der Waals surface area contributed by atoms with Gasteiger partial charge in [-0.15, -0.1) is 0 Å². The molecule has 2 aliphatic rings. The summed E-state index contributed by atoms with van der Waals surface area (Å²) in [5.74, 6) is -1.60. The molecule has 0 atom stereocenters. The number of nitrogens with zero attached hydrogens (tertiary/aromatic N) is 2. The normalized spacial score (nSPS) is 18.3. The Morgan fingerprint density at radius 3 is 2.57 bits per heavy atom. The molecule has 0 unspecified atom stereocenters. The van der Waals surface area contributed by atoms with Crippen molar-refractivity contribution in [3.63, 3.8) is 0 Å². The first-order valence-corrected chi connectivity index (χ1v) is 7.58. The number of carbonyl (C=O) groups is 1. The summed E-state index contributed by atoms with van der Waals surface area (Å²) in [6, 6.07) is 3.12. The predicted octanol–water partition coefficient (Wildman–Crippen LogP) is 1.16. The van der Waals surface area contributed by atoms with E-state index in [9.17, 15) is 19.1 Å². The first-order valence-electron chi connectivity index (χ1n) is 7.58. The maximum atomic E-state index is 14.4. The van der Waals surface area contributed by atoms with E-state index in [-0.39, 0.29) is 17.5 Å². The van der Waals surface area contributed by atoms with E-state index in [0.717, 1.165) is 29.0 Å². The smallest absolute Gasteiger partial charge is 0.341 e. The molecule has 1 aliphatic heterocycles. The van der Waals surface area contributed by atoms with E-state index in [1.165, 1.54) is 6.07 Å². The molecular formula is C16H16FN3O3. The van der Waals surface area contributed by atoms with Gasteiger partial charge in [-0.25, -0.2) is 9.18 Å². The number of aromatic carboxylic acids is 1. The summed E-state index contributed by atoms with van der Waals surface area (Å²) in [6.45, 7) is 1.15. The molecule has 0 aromatic carbocycles. The molecule has 2 fully saturated rings. The number of hydrogen-bond acceptors (Lipinski definition) is 4. The van der Waals surface area contributed by atoms with Crippen LogP contribution < -0.4 is 16.2 Å². The van der Waals surface area contributed by atoms with Crippen LogP contribution in [0.4, 0.5) is 10.1 Å². The lowest BCUT2D eigenvalue weighted by Crippen LogP contribution is -2.56. The molecule has 120 valence electrons. The Bertz CT molecular complexity index is 882. The van der Waals surface area contributed by atoms with Gasteiger partial charge in [0, 0.05) is 19.1 Å². The monoisotopic (exact) mass is 317 g/mol. The lowest BCUT2D eigenvalue weighted by atomic mass is 10.0. The van der Waals surface area contributed by atoms with E-state index in [2.05, 4.69) is 0 Å². The van der Waals surface area contributed by atoms with E-state index in [1.807, 2.05) is 4.90 Å². The molecular weight excluding hydrogens is 301 g/mol. The average Bonchev–Trinajstić information content (AvgIpc) is 3.29. The quantitative estimate of drug-likeness (QED) is 0.887. The molecule has 1 saturated heterocycles. The summed E-state index contributed by atoms with van der Waals surface area (Å²) in [6.07, 6.45) is 3.00. The number of aromatic nitrogens is 1. The van der Waals surface area contributed by atoms with Crippen molar-refractivity contribution >= 4 is 17.2 Å². The van der Waals surface area contributed by atoms with Crippen LogP contribution in [-0.2, 0) is 0 Å². The van der Waals surface area contributed by atoms with Gasteiger partial charge in [-0.05, 0) is 36.5 Å². The molecule has 3 N–H and O–H groups in total. The van der Waals surface area contributed by atoms with E-state index in [0.29, 0.717) is 24.3 Å². The van der Waals surface area contributed by atoms with Gasteiger partial charge < -0.3 is 15.7 Å². The molecule has 0 radical (unpaired) electrons. The Morgan fingerprint density at radius 2 is 2.00 bits per heavy atom. The third-order valence-electron chi connectivity index (χ3n) is 4.56. The highest BCUT2D eigenvalue weighted by molar-refractivity contribution is 5.88. The van der Waals surface area contributed by atoms with E-state index in [1.54, 1.807) is 6.07 Å². The van der Waals surface area contributed by atoms with Crippen molar-refractivity contribution in [1.82, 2.24) is 4.40 Å². The molecule has 0 spiro atoms. The average molecular weight is 317 g/mol. The first-order chi connectivity index (χ1) is 11.0. The Hall–Kier alpha value is -2.41. The van der Waals surface area contributed by atoms with Gasteiger partial charge in [-0.3, -0.25) is 9.20 Å². The predicted molar refractivity (Wildman–Crippen MR) is 82.7 cm³/mol. The maximum absolute atomic E-state index is 14.4. The van der Waals surface area contributed by atoms with Crippen LogP contribution in [0.2, 0.25) is 0 Å². The highest BCUT2D eigenvalue weighted by Gasteiger charge is 2.30. The molecule has 7 heteroatoms. The van der Waals surface area contributed by atoms with E-state index >= 15 is 0 Å². The zero-order valence-corrected chi connectivity index (χ0v) is 12.3. The molecule has 1 saturated carbocycles. The number of hydrogen-bond donors (Lipinski definition) is 2. The van der Waals surface area contributed by atoms with Gasteiger partial charge in [0.2, 0.25) is 0 Å². The lowest BCUT2D eigenvalue weighted by Gasteiger charge is -2.39. The number of anilines is 1. The van der Waals surface area contributed by atoms with Crippen LogP contribution in [0.25, 0.3) is 5.52 Å². The minimum atomic E-state index is -1.29. The summed E-state index contributed by atoms with van der Waals surface area (Å²) in [4.78, 5) is 25.4. The maximum Gasteiger partial charge on any atom is 0.341 e. The molecule has 3 heterocycles. The van der Waals surface area contributed by atoms with Crippen LogP contribution in [0.5, 0.6) is 0 Å². The molecule has 4 rings (SSSR count). The zero-order chi connectivity index (χ0) is 16.3. The fourth-order valence-corrected chi connectivity index (χ4v) is 3.15. The summed E-state index contributed by atoms with van der Waals surface area (Å²) in [5, 5.41) is 9.21. The standard InChI is InChI=1S/C16H16FN3O3/c17-12-7-20-13(4-14(12)19-5-9(18)6-19)10(8-1-2-8)3-11(15(20)21)16(22)23/h3-4,7-9H,1-2,5-6,18H2,(H,22,23). The molecule has 1 aliphatic carbocycles. The molecule has 6 nitrogen and oxygen atoms in total. The summed E-state index contributed by atoms with van der Waals surface area (Å²) < 4.78 is 15.5. The Morgan fingerprint density at radius 1 is 1.30 bits per heavy atom. The van der Waals surface area contributed by atoms with Crippen molar-refractivity contribution < 1.29 is 14.3 Å². The summed E-state index contributed by atoms with van der Waals surface area (Å²) >= 11 is 0. The number of carboxylic acids is 1. The number of fused-ring (bicyclic) bond motifs is 1. The van der Waals surface area contributed by atoms with Gasteiger partial charge in [-0.1, -0.05) is 0 Å². The number of rotatable bonds is 3. The SMILES string of the molecule is NC1CN(c2cc3c(C4CC4)cc(C(=O)O)c(=O)n3cc2F)C1. The molecule has 0 bridgehead atoms. The van der Waals surface area contributed by atoms with Crippen molar-refractivity contribution in [1.29, 1.82) is 0 Å². The molecule has 2 aromatic rings. The Labute approximate surface area is 130 Å². The van der Waals surface area contributed by atoms with E-state index < -0.39 is 17.3 Å². The fraction of sp³-hybridized carbons (Fsp3) is 0.375. The zero-order valence-electron chi connectivity index (χ0n) is 12.3. The second kappa shape index (κ2) is 4.79. The van der Waals surface area contributed by atoms with Gasteiger partial charge in [0.05, 0.1) is 17.4 Å². The Balaban J connectivity index is 1.96. The van der Waals surface area contributed by atoms with Crippen LogP contribution in [0, 0.1) is 5.82 Å². The largest absolute Gasteiger partial charge is 0.477 e. The van der Waals surface area contributed by atoms with Gasteiger partial charge in [0.15, 0.2) is 5.82 Å². The molecule has 2 aromatic heterocycles. The van der Waals surface area contributed by atoms with Crippen LogP contribution in [0.15, 0.2) is 23.1 Å². The number of halogens is 1. The Kier molecular flexibility index (Phi) is 2.96. The second-order valence-corrected chi connectivity index (χ2v) is 6.32. The van der Waals surface area contributed by atoms with Crippen molar-refractivity contribution in [3.05, 3.63) is 45.6 Å². The van der Waals surface area contributed by atoms with Gasteiger partial charge in [0.1, 0.15) is 5.56 Å². The second-order valence-electron chi connectivity index (χ2n) is 6.32. The van der Waals surface area contributed by atoms with Crippen molar-refractivity contribution in [2.75, 3.05) is 18.0 Å². The highest BCUT2D eigenvalue weighted by Crippen LogP contribution is 2.42. The lowest BCUT2D eigenvalue weighted by molar-refractivity contribution is 0.0694.